The zero-order chi connectivity index (χ0) is 14.1. The number of furan rings is 1. The van der Waals surface area contributed by atoms with Crippen molar-refractivity contribution in [2.45, 2.75) is 32.2 Å². The first-order chi connectivity index (χ1) is 9.63. The van der Waals surface area contributed by atoms with Crippen molar-refractivity contribution in [3.8, 4) is 0 Å². The number of aryl methyl sites for hydroxylation is 2. The number of hydrogen-bond donors (Lipinski definition) is 2. The summed E-state index contributed by atoms with van der Waals surface area (Å²) < 4.78 is 5.36. The van der Waals surface area contributed by atoms with E-state index in [1.807, 2.05) is 25.1 Å². The maximum atomic E-state index is 12.2. The second kappa shape index (κ2) is 6.22. The fourth-order valence-electron chi connectivity index (χ4n) is 2.77. The van der Waals surface area contributed by atoms with Crippen molar-refractivity contribution in [2.24, 2.45) is 0 Å². The number of benzene rings is 1. The normalized spacial score (nSPS) is 16.7. The number of halogens is 1. The molecule has 2 aromatic rings. The zero-order valence-electron chi connectivity index (χ0n) is 11.9. The largest absolute Gasteiger partial charge is 0.456 e. The predicted molar refractivity (Wildman–Crippen MR) is 84.7 cm³/mol. The van der Waals surface area contributed by atoms with Gasteiger partial charge in [-0.3, -0.25) is 4.79 Å². The molecule has 0 radical (unpaired) electrons. The lowest BCUT2D eigenvalue weighted by atomic mass is 9.87. The van der Waals surface area contributed by atoms with Gasteiger partial charge in [0.2, 0.25) is 0 Å². The van der Waals surface area contributed by atoms with Gasteiger partial charge < -0.3 is 15.5 Å². The molecule has 1 unspecified atom stereocenters. The van der Waals surface area contributed by atoms with Crippen LogP contribution in [0.4, 0.5) is 5.69 Å². The number of anilines is 1. The highest BCUT2D eigenvalue weighted by Crippen LogP contribution is 2.31. The molecule has 3 N–H and O–H groups in total. The lowest BCUT2D eigenvalue weighted by Crippen LogP contribution is -2.30. The molecule has 1 aliphatic rings. The molecule has 1 heterocycles. The molecule has 0 aliphatic heterocycles. The molecule has 1 aliphatic carbocycles. The Labute approximate surface area is 130 Å². The summed E-state index contributed by atoms with van der Waals surface area (Å²) in [5, 5.41) is 3.05. The lowest BCUT2D eigenvalue weighted by molar-refractivity contribution is 0.0903. The van der Waals surface area contributed by atoms with E-state index in [0.717, 1.165) is 30.7 Å². The fourth-order valence-corrected chi connectivity index (χ4v) is 2.77. The molecule has 1 aromatic carbocycles. The van der Waals surface area contributed by atoms with Crippen LogP contribution in [0.3, 0.4) is 0 Å². The molecular weight excluding hydrogens is 288 g/mol. The van der Waals surface area contributed by atoms with Crippen molar-refractivity contribution in [3.63, 3.8) is 0 Å². The Kier molecular flexibility index (Phi) is 4.58. The Balaban J connectivity index is 0.00000161. The molecule has 21 heavy (non-hydrogen) atoms. The van der Waals surface area contributed by atoms with Gasteiger partial charge in [-0.1, -0.05) is 6.07 Å². The molecule has 5 heteroatoms. The number of hydrogen-bond acceptors (Lipinski definition) is 3. The quantitative estimate of drug-likeness (QED) is 0.836. The number of nitrogens with one attached hydrogen (secondary N) is 1. The number of nitrogen functional groups attached to an aromatic ring is 1. The first kappa shape index (κ1) is 15.4. The SMILES string of the molecule is Cc1ccc(C(=O)NC2CCCc3cc(N)ccc32)o1.Cl. The van der Waals surface area contributed by atoms with E-state index in [-0.39, 0.29) is 24.4 Å². The van der Waals surface area contributed by atoms with E-state index in [1.54, 1.807) is 12.1 Å². The number of rotatable bonds is 2. The third-order valence-corrected chi connectivity index (χ3v) is 3.75. The second-order valence-electron chi connectivity index (χ2n) is 5.29. The minimum absolute atomic E-state index is 0. The van der Waals surface area contributed by atoms with Gasteiger partial charge in [0.15, 0.2) is 5.76 Å². The minimum atomic E-state index is -0.159. The summed E-state index contributed by atoms with van der Waals surface area (Å²) in [4.78, 5) is 12.2. The zero-order valence-corrected chi connectivity index (χ0v) is 12.7. The van der Waals surface area contributed by atoms with Gasteiger partial charge >= 0.3 is 0 Å². The van der Waals surface area contributed by atoms with E-state index >= 15 is 0 Å². The molecule has 0 spiro atoms. The molecule has 0 saturated heterocycles. The topological polar surface area (TPSA) is 68.3 Å². The summed E-state index contributed by atoms with van der Waals surface area (Å²) in [6, 6.07) is 9.45. The van der Waals surface area contributed by atoms with Crippen LogP contribution >= 0.6 is 12.4 Å². The molecule has 1 aromatic heterocycles. The van der Waals surface area contributed by atoms with Crippen LogP contribution in [0.25, 0.3) is 0 Å². The van der Waals surface area contributed by atoms with E-state index in [2.05, 4.69) is 5.32 Å². The van der Waals surface area contributed by atoms with Crippen LogP contribution in [0.1, 0.15) is 46.3 Å². The van der Waals surface area contributed by atoms with Gasteiger partial charge in [0.05, 0.1) is 6.04 Å². The van der Waals surface area contributed by atoms with E-state index in [1.165, 1.54) is 11.1 Å². The Morgan fingerprint density at radius 3 is 2.86 bits per heavy atom. The van der Waals surface area contributed by atoms with Crippen LogP contribution in [-0.4, -0.2) is 5.91 Å². The van der Waals surface area contributed by atoms with Gasteiger partial charge in [-0.05, 0) is 61.6 Å². The monoisotopic (exact) mass is 306 g/mol. The van der Waals surface area contributed by atoms with Crippen LogP contribution in [0.2, 0.25) is 0 Å². The number of amides is 1. The van der Waals surface area contributed by atoms with Crippen LogP contribution < -0.4 is 11.1 Å². The first-order valence-electron chi connectivity index (χ1n) is 6.89. The van der Waals surface area contributed by atoms with Crippen molar-refractivity contribution in [2.75, 3.05) is 5.73 Å². The van der Waals surface area contributed by atoms with Crippen molar-refractivity contribution in [1.29, 1.82) is 0 Å². The molecule has 3 rings (SSSR count). The third-order valence-electron chi connectivity index (χ3n) is 3.75. The molecule has 0 saturated carbocycles. The summed E-state index contributed by atoms with van der Waals surface area (Å²) in [7, 11) is 0. The van der Waals surface area contributed by atoms with Crippen LogP contribution in [0.5, 0.6) is 0 Å². The van der Waals surface area contributed by atoms with Gasteiger partial charge in [0.25, 0.3) is 5.91 Å². The van der Waals surface area contributed by atoms with Crippen molar-refractivity contribution in [3.05, 3.63) is 53.0 Å². The molecule has 112 valence electrons. The molecule has 4 nitrogen and oxygen atoms in total. The van der Waals surface area contributed by atoms with E-state index in [0.29, 0.717) is 5.76 Å². The lowest BCUT2D eigenvalue weighted by Gasteiger charge is -2.26. The van der Waals surface area contributed by atoms with Crippen molar-refractivity contribution >= 4 is 24.0 Å². The molecular formula is C16H19ClN2O2. The summed E-state index contributed by atoms with van der Waals surface area (Å²) in [5.74, 6) is 0.949. The highest BCUT2D eigenvalue weighted by molar-refractivity contribution is 5.91. The van der Waals surface area contributed by atoms with Gasteiger partial charge in [0, 0.05) is 5.69 Å². The highest BCUT2D eigenvalue weighted by Gasteiger charge is 2.23. The molecule has 0 fully saturated rings. The fraction of sp³-hybridized carbons (Fsp3) is 0.312. The Morgan fingerprint density at radius 1 is 1.33 bits per heavy atom. The van der Waals surface area contributed by atoms with E-state index < -0.39 is 0 Å². The summed E-state index contributed by atoms with van der Waals surface area (Å²) >= 11 is 0. The van der Waals surface area contributed by atoms with Crippen molar-refractivity contribution in [1.82, 2.24) is 5.32 Å². The number of fused-ring (bicyclic) bond motifs is 1. The molecule has 1 amide bonds. The van der Waals surface area contributed by atoms with Crippen LogP contribution in [0, 0.1) is 6.92 Å². The minimum Gasteiger partial charge on any atom is -0.456 e. The van der Waals surface area contributed by atoms with Gasteiger partial charge in [-0.15, -0.1) is 12.4 Å². The number of nitrogens with two attached hydrogens (primary N) is 1. The van der Waals surface area contributed by atoms with Gasteiger partial charge in [-0.2, -0.15) is 0 Å². The highest BCUT2D eigenvalue weighted by atomic mass is 35.5. The smallest absolute Gasteiger partial charge is 0.287 e. The van der Waals surface area contributed by atoms with Crippen molar-refractivity contribution < 1.29 is 9.21 Å². The van der Waals surface area contributed by atoms with Crippen LogP contribution in [0.15, 0.2) is 34.7 Å². The number of carbonyl (C=O) groups excluding carboxylic acids is 1. The maximum Gasteiger partial charge on any atom is 0.287 e. The van der Waals surface area contributed by atoms with E-state index in [4.69, 9.17) is 10.2 Å². The average Bonchev–Trinajstić information content (AvgIpc) is 2.85. The summed E-state index contributed by atoms with van der Waals surface area (Å²) in [5.41, 5.74) is 9.00. The van der Waals surface area contributed by atoms with Crippen LogP contribution in [-0.2, 0) is 6.42 Å². The second-order valence-corrected chi connectivity index (χ2v) is 5.29. The Morgan fingerprint density at radius 2 is 2.14 bits per heavy atom. The molecule has 1 atom stereocenters. The van der Waals surface area contributed by atoms with E-state index in [9.17, 15) is 4.79 Å². The summed E-state index contributed by atoms with van der Waals surface area (Å²) in [6.07, 6.45) is 3.02. The van der Waals surface area contributed by atoms with Gasteiger partial charge in [0.1, 0.15) is 5.76 Å². The predicted octanol–water partition coefficient (Wildman–Crippen LogP) is 3.40. The first-order valence-corrected chi connectivity index (χ1v) is 6.89. The molecule has 0 bridgehead atoms. The average molecular weight is 307 g/mol. The third kappa shape index (κ3) is 3.22. The standard InChI is InChI=1S/C16H18N2O2.ClH/c1-10-5-8-15(20-10)16(19)18-14-4-2-3-11-9-12(17)6-7-13(11)14;/h5-9,14H,2-4,17H2,1H3,(H,18,19);1H. The Bertz CT molecular complexity index is 651. The Hall–Kier alpha value is -1.94. The maximum absolute atomic E-state index is 12.2. The summed E-state index contributed by atoms with van der Waals surface area (Å²) in [6.45, 7) is 1.83. The number of carbonyl (C=O) groups is 1. The van der Waals surface area contributed by atoms with Gasteiger partial charge in [-0.25, -0.2) is 0 Å².